The van der Waals surface area contributed by atoms with Gasteiger partial charge in [0.05, 0.1) is 11.3 Å². The van der Waals surface area contributed by atoms with E-state index in [4.69, 9.17) is 5.73 Å². The molecule has 0 saturated carbocycles. The van der Waals surface area contributed by atoms with Crippen LogP contribution in [0.15, 0.2) is 35.1 Å². The Kier molecular flexibility index (Phi) is 6.60. The zero-order chi connectivity index (χ0) is 21.1. The van der Waals surface area contributed by atoms with Crippen LogP contribution >= 0.6 is 0 Å². The van der Waals surface area contributed by atoms with Gasteiger partial charge in [-0.3, -0.25) is 9.59 Å². The summed E-state index contributed by atoms with van der Waals surface area (Å²) in [5.41, 5.74) is 4.20. The number of carbonyl (C=O) groups is 1. The van der Waals surface area contributed by atoms with Gasteiger partial charge >= 0.3 is 6.18 Å². The Morgan fingerprint density at radius 3 is 2.54 bits per heavy atom. The molecule has 1 amide bonds. The summed E-state index contributed by atoms with van der Waals surface area (Å²) < 4.78 is 40.1. The normalized spacial score (nSPS) is 12.9. The molecule has 152 valence electrons. The third-order valence-electron chi connectivity index (χ3n) is 4.12. The lowest BCUT2D eigenvalue weighted by molar-refractivity contribution is -0.137. The van der Waals surface area contributed by atoms with Crippen molar-refractivity contribution in [3.8, 4) is 5.69 Å². The van der Waals surface area contributed by atoms with Crippen molar-refractivity contribution >= 4 is 5.91 Å². The Hall–Kier alpha value is -2.68. The van der Waals surface area contributed by atoms with Crippen molar-refractivity contribution in [1.29, 1.82) is 0 Å². The van der Waals surface area contributed by atoms with Crippen molar-refractivity contribution < 1.29 is 18.0 Å². The maximum absolute atomic E-state index is 13.0. The van der Waals surface area contributed by atoms with E-state index in [0.29, 0.717) is 12.1 Å². The van der Waals surface area contributed by atoms with E-state index in [-0.39, 0.29) is 24.2 Å². The van der Waals surface area contributed by atoms with Gasteiger partial charge in [0, 0.05) is 24.3 Å². The Labute approximate surface area is 160 Å². The minimum atomic E-state index is -4.52. The SMILES string of the molecule is Cc1cc(=O)c(C(=O)NC(CN)CC(C)C)nn1-c1cccc(C(F)(F)F)c1. The molecule has 1 atom stereocenters. The van der Waals surface area contributed by atoms with Crippen molar-refractivity contribution in [3.05, 3.63) is 57.5 Å². The number of aryl methyl sites for hydroxylation is 1. The Balaban J connectivity index is 2.42. The maximum Gasteiger partial charge on any atom is 0.416 e. The van der Waals surface area contributed by atoms with E-state index in [1.807, 2.05) is 13.8 Å². The molecule has 1 heterocycles. The summed E-state index contributed by atoms with van der Waals surface area (Å²) in [5.74, 6) is -0.427. The first-order valence-corrected chi connectivity index (χ1v) is 8.82. The second kappa shape index (κ2) is 8.55. The Morgan fingerprint density at radius 1 is 1.29 bits per heavy atom. The summed E-state index contributed by atoms with van der Waals surface area (Å²) in [5, 5.41) is 6.68. The molecular weight excluding hydrogens is 373 g/mol. The number of nitrogens with zero attached hydrogens (tertiary/aromatic N) is 2. The predicted octanol–water partition coefficient (Wildman–Crippen LogP) is 2.66. The first-order chi connectivity index (χ1) is 13.0. The fourth-order valence-electron chi connectivity index (χ4n) is 2.82. The summed E-state index contributed by atoms with van der Waals surface area (Å²) in [6.07, 6.45) is -3.90. The number of nitrogens with one attached hydrogen (secondary N) is 1. The predicted molar refractivity (Wildman–Crippen MR) is 99.3 cm³/mol. The van der Waals surface area contributed by atoms with Crippen LogP contribution < -0.4 is 16.5 Å². The largest absolute Gasteiger partial charge is 0.416 e. The fraction of sp³-hybridized carbons (Fsp3) is 0.421. The maximum atomic E-state index is 13.0. The van der Waals surface area contributed by atoms with Crippen LogP contribution in [0.4, 0.5) is 13.2 Å². The molecule has 1 aromatic heterocycles. The number of halogens is 3. The highest BCUT2D eigenvalue weighted by Gasteiger charge is 2.30. The van der Waals surface area contributed by atoms with Crippen molar-refractivity contribution in [2.45, 2.75) is 39.4 Å². The topological polar surface area (TPSA) is 90.0 Å². The van der Waals surface area contributed by atoms with E-state index >= 15 is 0 Å². The van der Waals surface area contributed by atoms with Crippen molar-refractivity contribution in [2.24, 2.45) is 11.7 Å². The van der Waals surface area contributed by atoms with Gasteiger partial charge in [-0.2, -0.15) is 18.3 Å². The van der Waals surface area contributed by atoms with Gasteiger partial charge in [-0.1, -0.05) is 19.9 Å². The fourth-order valence-corrected chi connectivity index (χ4v) is 2.82. The molecule has 3 N–H and O–H groups in total. The third kappa shape index (κ3) is 5.19. The molecule has 0 aliphatic carbocycles. The smallest absolute Gasteiger partial charge is 0.347 e. The van der Waals surface area contributed by atoms with Crippen LogP contribution in [-0.4, -0.2) is 28.3 Å². The van der Waals surface area contributed by atoms with Crippen LogP contribution in [0, 0.1) is 12.8 Å². The number of alkyl halides is 3. The average Bonchev–Trinajstić information content (AvgIpc) is 2.60. The highest BCUT2D eigenvalue weighted by atomic mass is 19.4. The molecule has 0 aliphatic heterocycles. The minimum absolute atomic E-state index is 0.0962. The van der Waals surface area contributed by atoms with Gasteiger partial charge in [-0.15, -0.1) is 0 Å². The third-order valence-corrected chi connectivity index (χ3v) is 4.12. The number of rotatable bonds is 6. The first kappa shape index (κ1) is 21.6. The summed E-state index contributed by atoms with van der Waals surface area (Å²) in [6.45, 7) is 5.66. The van der Waals surface area contributed by atoms with E-state index in [0.717, 1.165) is 16.8 Å². The Morgan fingerprint density at radius 2 is 1.96 bits per heavy atom. The number of hydrogen-bond acceptors (Lipinski definition) is 4. The lowest BCUT2D eigenvalue weighted by Crippen LogP contribution is -2.43. The van der Waals surface area contributed by atoms with Crippen LogP contribution in [-0.2, 0) is 6.18 Å². The Bertz CT molecular complexity index is 907. The zero-order valence-corrected chi connectivity index (χ0v) is 15.9. The summed E-state index contributed by atoms with van der Waals surface area (Å²) in [6, 6.07) is 5.34. The van der Waals surface area contributed by atoms with Crippen molar-refractivity contribution in [1.82, 2.24) is 15.1 Å². The lowest BCUT2D eigenvalue weighted by Gasteiger charge is -2.19. The van der Waals surface area contributed by atoms with E-state index in [2.05, 4.69) is 10.4 Å². The molecule has 0 fully saturated rings. The van der Waals surface area contributed by atoms with Crippen LogP contribution in [0.1, 0.15) is 42.0 Å². The van der Waals surface area contributed by atoms with Gasteiger partial charge in [-0.25, -0.2) is 4.68 Å². The molecule has 2 aromatic rings. The van der Waals surface area contributed by atoms with Crippen LogP contribution in [0.3, 0.4) is 0 Å². The molecule has 0 aliphatic rings. The molecular formula is C19H23F3N4O2. The van der Waals surface area contributed by atoms with E-state index in [1.54, 1.807) is 0 Å². The number of amides is 1. The number of hydrogen-bond donors (Lipinski definition) is 2. The molecule has 6 nitrogen and oxygen atoms in total. The molecule has 2 rings (SSSR count). The van der Waals surface area contributed by atoms with Gasteiger partial charge < -0.3 is 11.1 Å². The molecule has 0 bridgehead atoms. The van der Waals surface area contributed by atoms with Crippen molar-refractivity contribution in [3.63, 3.8) is 0 Å². The average molecular weight is 396 g/mol. The highest BCUT2D eigenvalue weighted by molar-refractivity contribution is 5.92. The second-order valence-corrected chi connectivity index (χ2v) is 6.99. The molecule has 0 radical (unpaired) electrons. The standard InChI is InChI=1S/C19H23F3N4O2/c1-11(2)7-14(10-23)24-18(28)17-16(27)8-12(3)26(25-17)15-6-4-5-13(9-15)19(20,21)22/h4-6,8-9,11,14H,7,10,23H2,1-3H3,(H,24,28). The van der Waals surface area contributed by atoms with Crippen LogP contribution in [0.5, 0.6) is 0 Å². The summed E-state index contributed by atoms with van der Waals surface area (Å²) >= 11 is 0. The van der Waals surface area contributed by atoms with Gasteiger partial charge in [0.2, 0.25) is 5.43 Å². The minimum Gasteiger partial charge on any atom is -0.347 e. The first-order valence-electron chi connectivity index (χ1n) is 8.82. The quantitative estimate of drug-likeness (QED) is 0.786. The molecule has 1 unspecified atom stereocenters. The van der Waals surface area contributed by atoms with Gasteiger partial charge in [0.25, 0.3) is 5.91 Å². The lowest BCUT2D eigenvalue weighted by atomic mass is 10.0. The second-order valence-electron chi connectivity index (χ2n) is 6.99. The summed E-state index contributed by atoms with van der Waals surface area (Å²) in [4.78, 5) is 24.8. The molecule has 0 spiro atoms. The molecule has 28 heavy (non-hydrogen) atoms. The van der Waals surface area contributed by atoms with Crippen LogP contribution in [0.25, 0.3) is 5.69 Å². The summed E-state index contributed by atoms with van der Waals surface area (Å²) in [7, 11) is 0. The van der Waals surface area contributed by atoms with E-state index in [9.17, 15) is 22.8 Å². The molecule has 9 heteroatoms. The monoisotopic (exact) mass is 396 g/mol. The van der Waals surface area contributed by atoms with Crippen LogP contribution in [0.2, 0.25) is 0 Å². The number of benzene rings is 1. The van der Waals surface area contributed by atoms with Gasteiger partial charge in [-0.05, 0) is 37.5 Å². The van der Waals surface area contributed by atoms with Gasteiger partial charge in [0.1, 0.15) is 0 Å². The number of aromatic nitrogens is 2. The number of carbonyl (C=O) groups excluding carboxylic acids is 1. The zero-order valence-electron chi connectivity index (χ0n) is 15.9. The van der Waals surface area contributed by atoms with E-state index < -0.39 is 28.8 Å². The number of nitrogens with two attached hydrogens (primary N) is 1. The molecule has 0 saturated heterocycles. The van der Waals surface area contributed by atoms with E-state index in [1.165, 1.54) is 25.1 Å². The van der Waals surface area contributed by atoms with Crippen molar-refractivity contribution in [2.75, 3.05) is 6.54 Å². The van der Waals surface area contributed by atoms with Gasteiger partial charge in [0.15, 0.2) is 5.69 Å². The highest BCUT2D eigenvalue weighted by Crippen LogP contribution is 2.30. The molecule has 1 aromatic carbocycles.